The topological polar surface area (TPSA) is 189 Å². The molecule has 0 aliphatic carbocycles. The summed E-state index contributed by atoms with van der Waals surface area (Å²) in [4.78, 5) is 73.9. The lowest BCUT2D eigenvalue weighted by Crippen LogP contribution is -2.51. The number of hydrogen-bond donors (Lipinski definition) is 5. The minimum atomic E-state index is -0.811. The second-order valence-corrected chi connectivity index (χ2v) is 10.6. The number of benzene rings is 1. The highest BCUT2D eigenvalue weighted by atomic mass is 32.2. The van der Waals surface area contributed by atoms with Gasteiger partial charge in [0, 0.05) is 25.1 Å². The van der Waals surface area contributed by atoms with Crippen molar-refractivity contribution >= 4 is 53.1 Å². The van der Waals surface area contributed by atoms with Crippen LogP contribution in [0.5, 0.6) is 0 Å². The largest absolute Gasteiger partial charge is 0.444 e. The van der Waals surface area contributed by atoms with Crippen molar-refractivity contribution in [3.05, 3.63) is 29.8 Å². The number of hydrazine groups is 1. The Morgan fingerprint density at radius 3 is 2.38 bits per heavy atom. The van der Waals surface area contributed by atoms with Crippen molar-refractivity contribution in [3.63, 3.8) is 0 Å². The van der Waals surface area contributed by atoms with Crippen LogP contribution in [-0.2, 0) is 35.3 Å². The van der Waals surface area contributed by atoms with Crippen molar-refractivity contribution in [2.75, 3.05) is 24.7 Å². The zero-order valence-corrected chi connectivity index (χ0v) is 23.8. The fraction of sp³-hybridized carbons (Fsp3) is 0.538. The standard InChI is InChI=1S/C26H38N6O7S/c1-16(2)23(30-20(33)7-5-4-6-12-32-22(35)13-19(40-3)25(32)37)24(36)28-14-21(34)29-18-10-8-17(9-11-18)15-39-26(38)31-27/h8-11,16,19,23H,4-7,12-15,27H2,1-3H3,(H,28,36)(H,29,34)(H,30,33)(H,31,38). The van der Waals surface area contributed by atoms with Crippen LogP contribution in [0.2, 0.25) is 0 Å². The van der Waals surface area contributed by atoms with Crippen LogP contribution in [0.4, 0.5) is 10.5 Å². The molecule has 0 spiro atoms. The summed E-state index contributed by atoms with van der Waals surface area (Å²) in [5.74, 6) is 3.22. The molecular formula is C26H38N6O7S. The molecule has 0 radical (unpaired) electrons. The Morgan fingerprint density at radius 1 is 1.07 bits per heavy atom. The Balaban J connectivity index is 1.70. The van der Waals surface area contributed by atoms with E-state index in [1.165, 1.54) is 16.7 Å². The van der Waals surface area contributed by atoms with Gasteiger partial charge in [-0.15, -0.1) is 0 Å². The van der Waals surface area contributed by atoms with Crippen molar-refractivity contribution in [3.8, 4) is 0 Å². The second-order valence-electron chi connectivity index (χ2n) is 9.60. The Kier molecular flexibility index (Phi) is 13.4. The van der Waals surface area contributed by atoms with Gasteiger partial charge in [-0.25, -0.2) is 10.6 Å². The Bertz CT molecular complexity index is 1070. The van der Waals surface area contributed by atoms with Gasteiger partial charge in [-0.3, -0.25) is 34.3 Å². The normalized spacial score (nSPS) is 15.5. The Morgan fingerprint density at radius 2 is 1.77 bits per heavy atom. The van der Waals surface area contributed by atoms with Crippen molar-refractivity contribution in [2.24, 2.45) is 11.8 Å². The molecule has 40 heavy (non-hydrogen) atoms. The third-order valence-corrected chi connectivity index (χ3v) is 7.12. The van der Waals surface area contributed by atoms with Crippen LogP contribution in [0.1, 0.15) is 51.5 Å². The first-order valence-corrected chi connectivity index (χ1v) is 14.3. The highest BCUT2D eigenvalue weighted by molar-refractivity contribution is 8.00. The van der Waals surface area contributed by atoms with Crippen LogP contribution in [0.25, 0.3) is 0 Å². The minimum Gasteiger partial charge on any atom is -0.444 e. The number of carbonyl (C=O) groups excluding carboxylic acids is 6. The van der Waals surface area contributed by atoms with E-state index in [4.69, 9.17) is 10.6 Å². The lowest BCUT2D eigenvalue weighted by molar-refractivity contribution is -0.138. The van der Waals surface area contributed by atoms with E-state index < -0.39 is 23.9 Å². The number of thioether (sulfide) groups is 1. The molecule has 13 nitrogen and oxygen atoms in total. The molecule has 0 saturated carbocycles. The van der Waals surface area contributed by atoms with Crippen LogP contribution in [0, 0.1) is 5.92 Å². The predicted molar refractivity (Wildman–Crippen MR) is 149 cm³/mol. The minimum absolute atomic E-state index is 0.00891. The molecule has 0 aromatic heterocycles. The molecule has 1 fully saturated rings. The van der Waals surface area contributed by atoms with Crippen molar-refractivity contribution in [1.29, 1.82) is 0 Å². The summed E-state index contributed by atoms with van der Waals surface area (Å²) in [6, 6.07) is 5.76. The number of anilines is 1. The number of hydrogen-bond acceptors (Lipinski definition) is 9. The summed E-state index contributed by atoms with van der Waals surface area (Å²) in [7, 11) is 0. The van der Waals surface area contributed by atoms with E-state index in [0.717, 1.165) is 0 Å². The maximum atomic E-state index is 12.7. The fourth-order valence-corrected chi connectivity index (χ4v) is 4.58. The van der Waals surface area contributed by atoms with Gasteiger partial charge < -0.3 is 20.7 Å². The van der Waals surface area contributed by atoms with Gasteiger partial charge in [0.2, 0.25) is 29.5 Å². The predicted octanol–water partition coefficient (Wildman–Crippen LogP) is 1.03. The third kappa shape index (κ3) is 10.5. The van der Waals surface area contributed by atoms with Crippen molar-refractivity contribution in [2.45, 2.75) is 63.9 Å². The molecule has 1 aromatic rings. The maximum Gasteiger partial charge on any atom is 0.421 e. The van der Waals surface area contributed by atoms with Crippen LogP contribution < -0.4 is 27.2 Å². The lowest BCUT2D eigenvalue weighted by atomic mass is 10.0. The van der Waals surface area contributed by atoms with Gasteiger partial charge in [0.15, 0.2) is 0 Å². The Hall–Kier alpha value is -3.65. The smallest absolute Gasteiger partial charge is 0.421 e. The molecule has 2 rings (SSSR count). The van der Waals surface area contributed by atoms with Gasteiger partial charge in [0.25, 0.3) is 0 Å². The van der Waals surface area contributed by atoms with E-state index in [2.05, 4.69) is 16.0 Å². The summed E-state index contributed by atoms with van der Waals surface area (Å²) < 4.78 is 4.83. The quantitative estimate of drug-likeness (QED) is 0.0665. The van der Waals surface area contributed by atoms with Gasteiger partial charge in [-0.2, -0.15) is 11.8 Å². The number of likely N-dealkylation sites (tertiary alicyclic amines) is 1. The van der Waals surface area contributed by atoms with Crippen molar-refractivity contribution in [1.82, 2.24) is 21.0 Å². The number of unbranched alkanes of at least 4 members (excludes halogenated alkanes) is 2. The monoisotopic (exact) mass is 578 g/mol. The first-order valence-electron chi connectivity index (χ1n) is 13.0. The van der Waals surface area contributed by atoms with Gasteiger partial charge >= 0.3 is 6.09 Å². The highest BCUT2D eigenvalue weighted by Gasteiger charge is 2.37. The summed E-state index contributed by atoms with van der Waals surface area (Å²) >= 11 is 1.38. The average molecular weight is 579 g/mol. The molecule has 2 unspecified atom stereocenters. The number of ether oxygens (including phenoxy) is 1. The third-order valence-electron chi connectivity index (χ3n) is 6.19. The molecule has 1 aliphatic rings. The molecule has 1 aliphatic heterocycles. The summed E-state index contributed by atoms with van der Waals surface area (Å²) in [5, 5.41) is 7.63. The second kappa shape index (κ2) is 16.5. The van der Waals surface area contributed by atoms with Crippen LogP contribution >= 0.6 is 11.8 Å². The van der Waals surface area contributed by atoms with E-state index in [1.807, 2.05) is 11.7 Å². The summed E-state index contributed by atoms with van der Waals surface area (Å²) in [6.07, 6.45) is 3.30. The average Bonchev–Trinajstić information content (AvgIpc) is 3.21. The van der Waals surface area contributed by atoms with E-state index in [-0.39, 0.29) is 54.9 Å². The molecule has 220 valence electrons. The number of nitrogens with two attached hydrogens (primary N) is 1. The zero-order valence-electron chi connectivity index (χ0n) is 23.0. The molecule has 1 heterocycles. The number of nitrogens with zero attached hydrogens (tertiary/aromatic N) is 1. The molecule has 6 N–H and O–H groups in total. The van der Waals surface area contributed by atoms with E-state index in [1.54, 1.807) is 38.1 Å². The first kappa shape index (κ1) is 32.6. The molecule has 1 aromatic carbocycles. The number of imide groups is 1. The first-order chi connectivity index (χ1) is 19.0. The number of amides is 6. The summed E-state index contributed by atoms with van der Waals surface area (Å²) in [5.41, 5.74) is 3.03. The highest BCUT2D eigenvalue weighted by Crippen LogP contribution is 2.23. The molecule has 6 amide bonds. The van der Waals surface area contributed by atoms with E-state index in [9.17, 15) is 28.8 Å². The van der Waals surface area contributed by atoms with Crippen LogP contribution in [0.15, 0.2) is 24.3 Å². The number of nitrogens with one attached hydrogen (secondary N) is 4. The maximum absolute atomic E-state index is 12.7. The van der Waals surface area contributed by atoms with Gasteiger partial charge in [-0.05, 0) is 42.7 Å². The molecule has 0 bridgehead atoms. The molecule has 14 heteroatoms. The van der Waals surface area contributed by atoms with Gasteiger partial charge in [0.1, 0.15) is 12.6 Å². The molecule has 1 saturated heterocycles. The van der Waals surface area contributed by atoms with E-state index >= 15 is 0 Å². The number of rotatable bonds is 15. The summed E-state index contributed by atoms with van der Waals surface area (Å²) in [6.45, 7) is 3.65. The lowest BCUT2D eigenvalue weighted by Gasteiger charge is -2.21. The SMILES string of the molecule is CSC1CC(=O)N(CCCCCC(=O)NC(C(=O)NCC(=O)Nc2ccc(COC(=O)NN)cc2)C(C)C)C1=O. The van der Waals surface area contributed by atoms with E-state index in [0.29, 0.717) is 37.1 Å². The van der Waals surface area contributed by atoms with Gasteiger partial charge in [-0.1, -0.05) is 32.4 Å². The van der Waals surface area contributed by atoms with Crippen LogP contribution in [0.3, 0.4) is 0 Å². The van der Waals surface area contributed by atoms with Gasteiger partial charge in [0.05, 0.1) is 11.8 Å². The Labute approximate surface area is 237 Å². The molecule has 2 atom stereocenters. The number of carbonyl (C=O) groups is 6. The molecular weight excluding hydrogens is 540 g/mol. The van der Waals surface area contributed by atoms with Crippen molar-refractivity contribution < 1.29 is 33.5 Å². The fourth-order valence-electron chi connectivity index (χ4n) is 3.94. The van der Waals surface area contributed by atoms with Crippen LogP contribution in [-0.4, -0.2) is 71.2 Å². The zero-order chi connectivity index (χ0) is 29.7.